The van der Waals surface area contributed by atoms with E-state index in [1.54, 1.807) is 6.08 Å². The molecular weight excluding hydrogens is 649 g/mol. The lowest BCUT2D eigenvalue weighted by molar-refractivity contribution is -0.332. The average Bonchev–Trinajstić information content (AvgIpc) is 3.75. The molecule has 2 spiro atoms. The predicted molar refractivity (Wildman–Crippen MR) is 204 cm³/mol. The molecule has 0 amide bonds. The number of fused-ring (bicyclic) bond motifs is 1. The molecule has 5 aliphatic carbocycles. The van der Waals surface area contributed by atoms with Gasteiger partial charge in [0.2, 0.25) is 0 Å². The number of ether oxygens (including phenoxy) is 2. The lowest BCUT2D eigenvalue weighted by atomic mass is 9.32. The lowest BCUT2D eigenvalue weighted by Crippen LogP contribution is -2.79. The first-order chi connectivity index (χ1) is 24.8. The number of cyclic esters (lactones) is 1. The van der Waals surface area contributed by atoms with Gasteiger partial charge >= 0.3 is 11.9 Å². The van der Waals surface area contributed by atoms with Crippen LogP contribution in [0.4, 0.5) is 0 Å². The average molecular weight is 715 g/mol. The van der Waals surface area contributed by atoms with Gasteiger partial charge in [-0.2, -0.15) is 0 Å². The van der Waals surface area contributed by atoms with Crippen molar-refractivity contribution in [2.75, 3.05) is 6.61 Å². The van der Waals surface area contributed by atoms with E-state index < -0.39 is 28.6 Å². The van der Waals surface area contributed by atoms with Crippen LogP contribution < -0.4 is 0 Å². The van der Waals surface area contributed by atoms with Gasteiger partial charge in [0.05, 0.1) is 11.7 Å². The molecule has 0 radical (unpaired) electrons. The van der Waals surface area contributed by atoms with Gasteiger partial charge in [0, 0.05) is 29.7 Å². The van der Waals surface area contributed by atoms with Crippen molar-refractivity contribution in [3.05, 3.63) is 59.7 Å². The summed E-state index contributed by atoms with van der Waals surface area (Å²) in [5, 5.41) is 26.7. The quantitative estimate of drug-likeness (QED) is 0.166. The Morgan fingerprint density at radius 2 is 1.73 bits per heavy atom. The van der Waals surface area contributed by atoms with E-state index in [2.05, 4.69) is 63.3 Å². The summed E-state index contributed by atoms with van der Waals surface area (Å²) in [6.45, 7) is 8.74. The number of hydrogen-bond donors (Lipinski definition) is 2. The van der Waals surface area contributed by atoms with E-state index in [0.29, 0.717) is 42.9 Å². The molecular formula is C46H66O6. The van der Waals surface area contributed by atoms with Gasteiger partial charge in [-0.25, -0.2) is 4.79 Å². The number of aliphatic hydroxyl groups excluding tert-OH is 1. The van der Waals surface area contributed by atoms with Crippen LogP contribution in [0.1, 0.15) is 142 Å². The zero-order valence-electron chi connectivity index (χ0n) is 32.5. The maximum absolute atomic E-state index is 13.8. The van der Waals surface area contributed by atoms with E-state index in [1.165, 1.54) is 63.9 Å². The summed E-state index contributed by atoms with van der Waals surface area (Å²) in [6, 6.07) is 10.7. The third-order valence-corrected chi connectivity index (χ3v) is 16.2. The molecule has 4 saturated carbocycles. The van der Waals surface area contributed by atoms with Crippen LogP contribution in [0.25, 0.3) is 0 Å². The highest BCUT2D eigenvalue weighted by atomic mass is 16.5. The minimum atomic E-state index is -1.27. The Labute approximate surface area is 313 Å². The fourth-order valence-electron chi connectivity index (χ4n) is 13.5. The number of carbonyl (C=O) groups is 2. The van der Waals surface area contributed by atoms with E-state index in [9.17, 15) is 19.8 Å². The summed E-state index contributed by atoms with van der Waals surface area (Å²) in [6.07, 6.45) is 23.6. The van der Waals surface area contributed by atoms with E-state index >= 15 is 0 Å². The first kappa shape index (κ1) is 37.9. The van der Waals surface area contributed by atoms with E-state index in [0.717, 1.165) is 44.1 Å². The monoisotopic (exact) mass is 714 g/mol. The van der Waals surface area contributed by atoms with Crippen LogP contribution in [0.15, 0.2) is 54.1 Å². The Morgan fingerprint density at radius 1 is 1.00 bits per heavy atom. The van der Waals surface area contributed by atoms with Gasteiger partial charge in [-0.1, -0.05) is 88.9 Å². The molecule has 6 aliphatic rings. The van der Waals surface area contributed by atoms with Gasteiger partial charge in [0.25, 0.3) is 0 Å². The van der Waals surface area contributed by atoms with Gasteiger partial charge in [-0.15, -0.1) is 0 Å². The van der Waals surface area contributed by atoms with Gasteiger partial charge in [0.15, 0.2) is 0 Å². The molecule has 9 atom stereocenters. The van der Waals surface area contributed by atoms with E-state index in [4.69, 9.17) is 9.47 Å². The smallest absolute Gasteiger partial charge is 0.331 e. The molecule has 4 fully saturated rings. The highest BCUT2D eigenvalue weighted by Crippen LogP contribution is 2.75. The first-order valence-corrected chi connectivity index (χ1v) is 21.0. The molecule has 1 aromatic rings. The van der Waals surface area contributed by atoms with Crippen LogP contribution in [0, 0.1) is 45.3 Å². The highest BCUT2D eigenvalue weighted by molar-refractivity contribution is 5.85. The van der Waals surface area contributed by atoms with Crippen LogP contribution in [0.3, 0.4) is 0 Å². The molecule has 52 heavy (non-hydrogen) atoms. The minimum absolute atomic E-state index is 0.0691. The van der Waals surface area contributed by atoms with Gasteiger partial charge in [-0.05, 0) is 130 Å². The Bertz CT molecular complexity index is 1500. The zero-order chi connectivity index (χ0) is 36.8. The first-order valence-electron chi connectivity index (χ1n) is 21.0. The van der Waals surface area contributed by atoms with Crippen LogP contribution in [-0.2, 0) is 25.5 Å². The third kappa shape index (κ3) is 6.54. The largest absolute Gasteiger partial charge is 0.462 e. The van der Waals surface area contributed by atoms with Crippen LogP contribution >= 0.6 is 0 Å². The molecule has 1 aromatic carbocycles. The molecule has 2 N–H and O–H groups in total. The molecule has 0 aromatic heterocycles. The van der Waals surface area contributed by atoms with Crippen molar-refractivity contribution in [2.24, 2.45) is 45.3 Å². The second-order valence-corrected chi connectivity index (χ2v) is 19.0. The molecule has 9 unspecified atom stereocenters. The standard InChI is InChI=1S/C46H66O6/c1-32(11-10-14-34-12-6-5-7-13-34)15-16-37-18-24-42(3)30-38(52-33(2)47)41-43(4,36-19-26-44(27-20-36)22-8-9-23-44)25-21-39(48)46(37,41)45(42,50)28-17-35-29-40(49)51-31-35/h5-7,12-13,18,24,29,32,36-39,41,48,50H,8-11,14-17,19-23,25-28,30-31H2,1-4H3. The maximum Gasteiger partial charge on any atom is 0.331 e. The summed E-state index contributed by atoms with van der Waals surface area (Å²) in [5.74, 6) is 0.104. The molecule has 6 nitrogen and oxygen atoms in total. The molecule has 286 valence electrons. The number of esters is 2. The minimum Gasteiger partial charge on any atom is -0.462 e. The molecule has 1 aliphatic heterocycles. The number of benzene rings is 1. The second kappa shape index (κ2) is 14.7. The maximum atomic E-state index is 13.8. The SMILES string of the molecule is CC(=O)OC1CC2(C)C=CC(CCC(C)CCCc3ccccc3)C3(C(O)CCC(C)(C4CCC5(CCCC5)CC4)C13)C2(O)CCC1=CC(=O)OC1. The number of aryl methyl sites for hydroxylation is 1. The summed E-state index contributed by atoms with van der Waals surface area (Å²) >= 11 is 0. The highest BCUT2D eigenvalue weighted by Gasteiger charge is 2.78. The Morgan fingerprint density at radius 3 is 2.40 bits per heavy atom. The van der Waals surface area contributed by atoms with Gasteiger partial charge in [-0.3, -0.25) is 4.79 Å². The zero-order valence-corrected chi connectivity index (χ0v) is 32.5. The number of aliphatic hydroxyl groups is 2. The topological polar surface area (TPSA) is 93.1 Å². The third-order valence-electron chi connectivity index (χ3n) is 16.2. The van der Waals surface area contributed by atoms with Crippen molar-refractivity contribution < 1.29 is 29.3 Å². The van der Waals surface area contributed by atoms with Crippen molar-refractivity contribution in [3.63, 3.8) is 0 Å². The Kier molecular flexibility index (Phi) is 10.7. The number of hydrogen-bond acceptors (Lipinski definition) is 6. The van der Waals surface area contributed by atoms with Crippen molar-refractivity contribution >= 4 is 11.9 Å². The van der Waals surface area contributed by atoms with Gasteiger partial charge < -0.3 is 19.7 Å². The molecule has 1 heterocycles. The van der Waals surface area contributed by atoms with E-state index in [1.807, 2.05) is 0 Å². The summed E-state index contributed by atoms with van der Waals surface area (Å²) in [7, 11) is 0. The van der Waals surface area contributed by atoms with E-state index in [-0.39, 0.29) is 35.8 Å². The fraction of sp³-hybridized carbons (Fsp3) is 0.739. The molecule has 7 rings (SSSR count). The number of carbonyl (C=O) groups excluding carboxylic acids is 2. The van der Waals surface area contributed by atoms with Crippen molar-refractivity contribution in [1.29, 1.82) is 0 Å². The lowest BCUT2D eigenvalue weighted by Gasteiger charge is -2.74. The second-order valence-electron chi connectivity index (χ2n) is 19.0. The summed E-state index contributed by atoms with van der Waals surface area (Å²) in [5.41, 5.74) is -0.308. The van der Waals surface area contributed by atoms with Crippen molar-refractivity contribution in [3.8, 4) is 0 Å². The Balaban J connectivity index is 1.25. The molecule has 2 bridgehead atoms. The molecule has 6 heteroatoms. The number of allylic oxidation sites excluding steroid dienone is 1. The fourth-order valence-corrected chi connectivity index (χ4v) is 13.5. The summed E-state index contributed by atoms with van der Waals surface area (Å²) in [4.78, 5) is 25.1. The van der Waals surface area contributed by atoms with Crippen LogP contribution in [0.2, 0.25) is 0 Å². The normalized spacial score (nSPS) is 38.8. The number of rotatable bonds is 12. The van der Waals surface area contributed by atoms with Crippen molar-refractivity contribution in [2.45, 2.75) is 161 Å². The van der Waals surface area contributed by atoms with Gasteiger partial charge in [0.1, 0.15) is 12.7 Å². The Hall–Kier alpha value is -2.44. The predicted octanol–water partition coefficient (Wildman–Crippen LogP) is 9.46. The van der Waals surface area contributed by atoms with Crippen LogP contribution in [0.5, 0.6) is 0 Å². The van der Waals surface area contributed by atoms with Crippen LogP contribution in [-0.4, -0.2) is 46.6 Å². The molecule has 0 saturated heterocycles. The summed E-state index contributed by atoms with van der Waals surface area (Å²) < 4.78 is 11.8. The van der Waals surface area contributed by atoms with Crippen molar-refractivity contribution in [1.82, 2.24) is 0 Å².